The third-order valence-electron chi connectivity index (χ3n) is 6.57. The minimum absolute atomic E-state index is 0.000622. The van der Waals surface area contributed by atoms with E-state index in [4.69, 9.17) is 9.84 Å². The van der Waals surface area contributed by atoms with E-state index in [1.807, 2.05) is 18.2 Å². The van der Waals surface area contributed by atoms with Crippen molar-refractivity contribution < 1.29 is 24.2 Å². The van der Waals surface area contributed by atoms with E-state index in [9.17, 15) is 14.4 Å². The highest BCUT2D eigenvalue weighted by atomic mass is 16.5. The molecule has 3 rings (SSSR count). The summed E-state index contributed by atoms with van der Waals surface area (Å²) in [6.45, 7) is 2.43. The number of carbonyl (C=O) groups is 3. The minimum Gasteiger partial charge on any atom is -0.493 e. The molecular weight excluding hydrogens is 396 g/mol. The fourth-order valence-electron chi connectivity index (χ4n) is 4.57. The average molecular weight is 431 g/mol. The van der Waals surface area contributed by atoms with Crippen LogP contribution in [0.5, 0.6) is 5.75 Å². The monoisotopic (exact) mass is 430 g/mol. The quantitative estimate of drug-likeness (QED) is 0.768. The first-order valence-electron chi connectivity index (χ1n) is 11.4. The van der Waals surface area contributed by atoms with E-state index >= 15 is 0 Å². The number of fused-ring (bicyclic) bond motifs is 1. The van der Waals surface area contributed by atoms with Crippen molar-refractivity contribution in [2.75, 3.05) is 26.2 Å². The predicted molar refractivity (Wildman–Crippen MR) is 117 cm³/mol. The van der Waals surface area contributed by atoms with Crippen LogP contribution >= 0.6 is 0 Å². The summed E-state index contributed by atoms with van der Waals surface area (Å²) in [7, 11) is 0. The molecule has 2 aliphatic heterocycles. The zero-order valence-corrected chi connectivity index (χ0v) is 18.2. The Morgan fingerprint density at radius 2 is 1.81 bits per heavy atom. The fraction of sp³-hybridized carbons (Fsp3) is 0.625. The van der Waals surface area contributed by atoms with Crippen molar-refractivity contribution in [3.63, 3.8) is 0 Å². The molecule has 1 fully saturated rings. The summed E-state index contributed by atoms with van der Waals surface area (Å²) in [5.41, 5.74) is 1.22. The van der Waals surface area contributed by atoms with Gasteiger partial charge in [0.2, 0.25) is 11.8 Å². The van der Waals surface area contributed by atoms with Crippen molar-refractivity contribution in [3.8, 4) is 5.75 Å². The molecule has 0 atom stereocenters. The number of nitrogens with zero attached hydrogens (tertiary/aromatic N) is 1. The summed E-state index contributed by atoms with van der Waals surface area (Å²) < 4.78 is 5.91. The number of benzene rings is 1. The first-order chi connectivity index (χ1) is 15.0. The molecule has 7 nitrogen and oxygen atoms in total. The van der Waals surface area contributed by atoms with Crippen LogP contribution in [0.3, 0.4) is 0 Å². The second-order valence-electron chi connectivity index (χ2n) is 8.82. The smallest absolute Gasteiger partial charge is 0.303 e. The van der Waals surface area contributed by atoms with Crippen molar-refractivity contribution in [3.05, 3.63) is 29.8 Å². The van der Waals surface area contributed by atoms with Gasteiger partial charge in [0.1, 0.15) is 5.75 Å². The molecule has 1 aromatic rings. The summed E-state index contributed by atoms with van der Waals surface area (Å²) in [6.07, 6.45) is 6.82. The number of para-hydroxylation sites is 1. The Kier molecular flexibility index (Phi) is 8.32. The number of carboxylic acids is 1. The zero-order chi connectivity index (χ0) is 22.1. The normalized spacial score (nSPS) is 20.1. The molecule has 0 unspecified atom stereocenters. The Balaban J connectivity index is 1.61. The molecule has 0 saturated carbocycles. The van der Waals surface area contributed by atoms with E-state index in [-0.39, 0.29) is 30.1 Å². The molecule has 0 bridgehead atoms. The highest BCUT2D eigenvalue weighted by Crippen LogP contribution is 2.37. The first kappa shape index (κ1) is 23.1. The van der Waals surface area contributed by atoms with Gasteiger partial charge >= 0.3 is 5.97 Å². The van der Waals surface area contributed by atoms with Crippen LogP contribution in [0.4, 0.5) is 0 Å². The van der Waals surface area contributed by atoms with Crippen LogP contribution in [0.25, 0.3) is 0 Å². The van der Waals surface area contributed by atoms with Gasteiger partial charge in [-0.2, -0.15) is 0 Å². The molecule has 0 radical (unpaired) electrons. The highest BCUT2D eigenvalue weighted by molar-refractivity contribution is 5.80. The summed E-state index contributed by atoms with van der Waals surface area (Å²) in [4.78, 5) is 37.2. The van der Waals surface area contributed by atoms with Gasteiger partial charge in [0.15, 0.2) is 0 Å². The van der Waals surface area contributed by atoms with E-state index in [1.165, 1.54) is 5.56 Å². The van der Waals surface area contributed by atoms with E-state index in [1.54, 1.807) is 4.90 Å². The summed E-state index contributed by atoms with van der Waals surface area (Å²) in [6, 6.07) is 8.14. The van der Waals surface area contributed by atoms with Crippen molar-refractivity contribution in [2.24, 2.45) is 5.41 Å². The van der Waals surface area contributed by atoms with Gasteiger partial charge in [-0.05, 0) is 55.6 Å². The third-order valence-corrected chi connectivity index (χ3v) is 6.57. The van der Waals surface area contributed by atoms with Gasteiger partial charge in [0.05, 0.1) is 13.0 Å². The number of likely N-dealkylation sites (tertiary alicyclic amines) is 1. The number of hydrogen-bond donors (Lipinski definition) is 2. The molecule has 2 heterocycles. The van der Waals surface area contributed by atoms with E-state index in [0.29, 0.717) is 39.1 Å². The van der Waals surface area contributed by atoms with E-state index < -0.39 is 5.97 Å². The summed E-state index contributed by atoms with van der Waals surface area (Å²) in [5.74, 6) is -0.0579. The number of amides is 2. The Morgan fingerprint density at radius 1 is 1.03 bits per heavy atom. The van der Waals surface area contributed by atoms with Gasteiger partial charge < -0.3 is 20.1 Å². The number of nitrogens with one attached hydrogen (secondary N) is 1. The second-order valence-corrected chi connectivity index (χ2v) is 8.82. The zero-order valence-electron chi connectivity index (χ0n) is 18.2. The van der Waals surface area contributed by atoms with Crippen LogP contribution in [0.15, 0.2) is 24.3 Å². The molecule has 0 aliphatic carbocycles. The van der Waals surface area contributed by atoms with Gasteiger partial charge in [-0.15, -0.1) is 0 Å². The lowest BCUT2D eigenvalue weighted by Crippen LogP contribution is -2.48. The number of hydrogen-bond acceptors (Lipinski definition) is 4. The topological polar surface area (TPSA) is 95.9 Å². The van der Waals surface area contributed by atoms with Crippen molar-refractivity contribution in [2.45, 2.75) is 64.2 Å². The molecule has 1 spiro atoms. The van der Waals surface area contributed by atoms with Crippen molar-refractivity contribution in [1.29, 1.82) is 0 Å². The van der Waals surface area contributed by atoms with Crippen molar-refractivity contribution in [1.82, 2.24) is 10.2 Å². The van der Waals surface area contributed by atoms with Gasteiger partial charge in [0.25, 0.3) is 0 Å². The lowest BCUT2D eigenvalue weighted by molar-refractivity contribution is -0.141. The van der Waals surface area contributed by atoms with Crippen LogP contribution in [0.2, 0.25) is 0 Å². The van der Waals surface area contributed by atoms with Crippen LogP contribution in [0.1, 0.15) is 63.4 Å². The number of aliphatic carboxylic acids is 1. The maximum absolute atomic E-state index is 12.4. The van der Waals surface area contributed by atoms with Gasteiger partial charge in [-0.1, -0.05) is 24.6 Å². The molecule has 170 valence electrons. The molecule has 31 heavy (non-hydrogen) atoms. The number of aryl methyl sites for hydroxylation is 1. The maximum atomic E-state index is 12.4. The predicted octanol–water partition coefficient (Wildman–Crippen LogP) is 3.16. The first-order valence-corrected chi connectivity index (χ1v) is 11.4. The molecule has 2 aliphatic rings. The fourth-order valence-corrected chi connectivity index (χ4v) is 4.57. The molecule has 7 heteroatoms. The number of piperidine rings is 1. The Labute approximate surface area is 184 Å². The number of carboxylic acid groups (broad SMARTS) is 1. The minimum atomic E-state index is -0.942. The van der Waals surface area contributed by atoms with Gasteiger partial charge in [0, 0.05) is 32.5 Å². The third kappa shape index (κ3) is 6.97. The van der Waals surface area contributed by atoms with Crippen LogP contribution in [-0.2, 0) is 20.8 Å². The molecular formula is C24H34N2O5. The lowest BCUT2D eigenvalue weighted by atomic mass is 9.74. The van der Waals surface area contributed by atoms with Crippen LogP contribution < -0.4 is 10.1 Å². The molecule has 1 aromatic carbocycles. The maximum Gasteiger partial charge on any atom is 0.303 e. The SMILES string of the molecule is O=C(O)CCC(=O)N1CCC2(CCCCc3ccccc3OCCCC(=O)NC2)CC1. The second kappa shape index (κ2) is 11.2. The largest absolute Gasteiger partial charge is 0.493 e. The van der Waals surface area contributed by atoms with Crippen LogP contribution in [-0.4, -0.2) is 54.0 Å². The number of rotatable bonds is 3. The molecule has 2 amide bonds. The van der Waals surface area contributed by atoms with Crippen LogP contribution in [0, 0.1) is 5.41 Å². The molecule has 0 aromatic heterocycles. The lowest BCUT2D eigenvalue weighted by Gasteiger charge is -2.42. The average Bonchev–Trinajstić information content (AvgIpc) is 2.77. The Hall–Kier alpha value is -2.57. The Morgan fingerprint density at radius 3 is 2.58 bits per heavy atom. The summed E-state index contributed by atoms with van der Waals surface area (Å²) >= 11 is 0. The van der Waals surface area contributed by atoms with Gasteiger partial charge in [-0.25, -0.2) is 0 Å². The van der Waals surface area contributed by atoms with E-state index in [2.05, 4.69) is 11.4 Å². The molecule has 2 N–H and O–H groups in total. The summed E-state index contributed by atoms with van der Waals surface area (Å²) in [5, 5.41) is 11.9. The number of ether oxygens (including phenoxy) is 1. The molecule has 1 saturated heterocycles. The number of carbonyl (C=O) groups excluding carboxylic acids is 2. The van der Waals surface area contributed by atoms with Gasteiger partial charge in [-0.3, -0.25) is 14.4 Å². The van der Waals surface area contributed by atoms with E-state index in [0.717, 1.165) is 44.3 Å². The highest BCUT2D eigenvalue weighted by Gasteiger charge is 2.35. The Bertz CT molecular complexity index is 771. The standard InChI is InChI=1S/C24H34N2O5/c27-21-9-5-17-31-20-8-2-1-6-19(20)7-3-4-12-24(18-25-21)13-15-26(16-14-24)22(28)10-11-23(29)30/h1-2,6,8H,3-5,7,9-18H2,(H,25,27)(H,29,30). The van der Waals surface area contributed by atoms with Crippen molar-refractivity contribution >= 4 is 17.8 Å².